The van der Waals surface area contributed by atoms with Crippen molar-refractivity contribution in [2.75, 3.05) is 31.6 Å². The third-order valence-corrected chi connectivity index (χ3v) is 4.20. The molecule has 0 spiro atoms. The van der Waals surface area contributed by atoms with Crippen molar-refractivity contribution >= 4 is 17.3 Å². The Bertz CT molecular complexity index is 525. The van der Waals surface area contributed by atoms with E-state index in [1.807, 2.05) is 4.90 Å². The zero-order valence-electron chi connectivity index (χ0n) is 13.1. The number of nitrogens with one attached hydrogen (secondary N) is 1. The van der Waals surface area contributed by atoms with Gasteiger partial charge in [0.2, 0.25) is 5.91 Å². The van der Waals surface area contributed by atoms with E-state index in [1.54, 1.807) is 12.1 Å². The van der Waals surface area contributed by atoms with Gasteiger partial charge in [0.1, 0.15) is 0 Å². The molecular formula is C16H23N3O4. The molecule has 1 aliphatic rings. The smallest absolute Gasteiger partial charge is 0.269 e. The Labute approximate surface area is 135 Å². The first-order chi connectivity index (χ1) is 11.1. The number of amides is 1. The Kier molecular flexibility index (Phi) is 6.34. The minimum atomic E-state index is -0.428. The number of nitro benzene ring substituents is 1. The summed E-state index contributed by atoms with van der Waals surface area (Å²) in [7, 11) is 0. The van der Waals surface area contributed by atoms with Gasteiger partial charge in [0.05, 0.1) is 4.92 Å². The van der Waals surface area contributed by atoms with E-state index in [4.69, 9.17) is 5.11 Å². The monoisotopic (exact) mass is 321 g/mol. The van der Waals surface area contributed by atoms with Crippen LogP contribution in [0.3, 0.4) is 0 Å². The number of hydrogen-bond donors (Lipinski definition) is 2. The minimum Gasteiger partial charge on any atom is -0.396 e. The third-order valence-electron chi connectivity index (χ3n) is 4.20. The molecule has 0 aromatic heterocycles. The van der Waals surface area contributed by atoms with Crippen LogP contribution in [0.5, 0.6) is 0 Å². The second kappa shape index (κ2) is 8.47. The molecule has 1 saturated heterocycles. The molecule has 7 heteroatoms. The van der Waals surface area contributed by atoms with E-state index in [9.17, 15) is 14.9 Å². The molecule has 2 rings (SSSR count). The predicted octanol–water partition coefficient (Wildman–Crippen LogP) is 2.02. The Balaban J connectivity index is 1.65. The third kappa shape index (κ3) is 5.21. The van der Waals surface area contributed by atoms with Crippen LogP contribution in [-0.4, -0.2) is 47.1 Å². The fourth-order valence-corrected chi connectivity index (χ4v) is 2.70. The molecular weight excluding hydrogens is 298 g/mol. The highest BCUT2D eigenvalue weighted by Gasteiger charge is 2.21. The summed E-state index contributed by atoms with van der Waals surface area (Å²) in [4.78, 5) is 24.1. The first-order valence-corrected chi connectivity index (χ1v) is 7.97. The van der Waals surface area contributed by atoms with E-state index >= 15 is 0 Å². The molecule has 0 aliphatic carbocycles. The fourth-order valence-electron chi connectivity index (χ4n) is 2.70. The number of aliphatic hydroxyl groups excluding tert-OH is 1. The lowest BCUT2D eigenvalue weighted by atomic mass is 9.97. The molecule has 7 nitrogen and oxygen atoms in total. The zero-order valence-corrected chi connectivity index (χ0v) is 13.1. The maximum atomic E-state index is 12.1. The minimum absolute atomic E-state index is 0.0667. The summed E-state index contributed by atoms with van der Waals surface area (Å²) in [6, 6.07) is 6.25. The van der Waals surface area contributed by atoms with Gasteiger partial charge in [-0.3, -0.25) is 14.9 Å². The summed E-state index contributed by atoms with van der Waals surface area (Å²) < 4.78 is 0. The van der Waals surface area contributed by atoms with Crippen LogP contribution < -0.4 is 5.32 Å². The number of likely N-dealkylation sites (tertiary alicyclic amines) is 1. The summed E-state index contributed by atoms with van der Waals surface area (Å²) in [6.45, 7) is 2.33. The van der Waals surface area contributed by atoms with E-state index < -0.39 is 4.92 Å². The number of carbonyl (C=O) groups is 1. The molecule has 0 radical (unpaired) electrons. The van der Waals surface area contributed by atoms with E-state index in [-0.39, 0.29) is 18.2 Å². The van der Waals surface area contributed by atoms with E-state index in [2.05, 4.69) is 5.32 Å². The highest BCUT2D eigenvalue weighted by atomic mass is 16.6. The topological polar surface area (TPSA) is 95.7 Å². The fraction of sp³-hybridized carbons (Fsp3) is 0.562. The molecule has 1 aromatic carbocycles. The Hall–Kier alpha value is -2.15. The molecule has 1 aliphatic heterocycles. The van der Waals surface area contributed by atoms with Crippen molar-refractivity contribution in [1.29, 1.82) is 0 Å². The van der Waals surface area contributed by atoms with Gasteiger partial charge in [-0.1, -0.05) is 0 Å². The van der Waals surface area contributed by atoms with Crippen LogP contribution >= 0.6 is 0 Å². The lowest BCUT2D eigenvalue weighted by Gasteiger charge is -2.31. The second-order valence-corrected chi connectivity index (χ2v) is 5.84. The van der Waals surface area contributed by atoms with Gasteiger partial charge in [-0.25, -0.2) is 0 Å². The summed E-state index contributed by atoms with van der Waals surface area (Å²) in [5.41, 5.74) is 0.879. The standard InChI is InChI=1S/C16H23N3O4/c20-12-13-7-10-18(11-8-13)16(21)2-1-9-17-14-3-5-15(6-4-14)19(22)23/h3-6,13,17,20H,1-2,7-12H2. The molecule has 126 valence electrons. The average molecular weight is 321 g/mol. The maximum absolute atomic E-state index is 12.1. The predicted molar refractivity (Wildman–Crippen MR) is 87.2 cm³/mol. The zero-order chi connectivity index (χ0) is 16.7. The van der Waals surface area contributed by atoms with E-state index in [0.29, 0.717) is 18.9 Å². The van der Waals surface area contributed by atoms with Crippen molar-refractivity contribution in [3.05, 3.63) is 34.4 Å². The second-order valence-electron chi connectivity index (χ2n) is 5.84. The number of nitro groups is 1. The summed E-state index contributed by atoms with van der Waals surface area (Å²) in [5, 5.41) is 22.8. The largest absolute Gasteiger partial charge is 0.396 e. The highest BCUT2D eigenvalue weighted by molar-refractivity contribution is 5.76. The van der Waals surface area contributed by atoms with Crippen molar-refractivity contribution < 1.29 is 14.8 Å². The molecule has 23 heavy (non-hydrogen) atoms. The van der Waals surface area contributed by atoms with E-state index in [0.717, 1.165) is 38.0 Å². The number of anilines is 1. The summed E-state index contributed by atoms with van der Waals surface area (Å²) >= 11 is 0. The molecule has 2 N–H and O–H groups in total. The lowest BCUT2D eigenvalue weighted by Crippen LogP contribution is -2.39. The number of nitrogens with zero attached hydrogens (tertiary/aromatic N) is 2. The highest BCUT2D eigenvalue weighted by Crippen LogP contribution is 2.18. The van der Waals surface area contributed by atoms with Crippen LogP contribution in [0.25, 0.3) is 0 Å². The van der Waals surface area contributed by atoms with E-state index in [1.165, 1.54) is 12.1 Å². The number of non-ortho nitro benzene ring substituents is 1. The lowest BCUT2D eigenvalue weighted by molar-refractivity contribution is -0.384. The normalized spacial score (nSPS) is 15.4. The van der Waals surface area contributed by atoms with Gasteiger partial charge in [0, 0.05) is 50.5 Å². The maximum Gasteiger partial charge on any atom is 0.269 e. The van der Waals surface area contributed by atoms with Crippen LogP contribution in [0, 0.1) is 16.0 Å². The quantitative estimate of drug-likeness (QED) is 0.455. The van der Waals surface area contributed by atoms with Crippen molar-refractivity contribution in [2.45, 2.75) is 25.7 Å². The average Bonchev–Trinajstić information content (AvgIpc) is 2.59. The van der Waals surface area contributed by atoms with Gasteiger partial charge in [0.15, 0.2) is 0 Å². The number of aliphatic hydroxyl groups is 1. The van der Waals surface area contributed by atoms with Crippen LogP contribution in [0.15, 0.2) is 24.3 Å². The molecule has 0 bridgehead atoms. The van der Waals surface area contributed by atoms with Crippen molar-refractivity contribution in [3.8, 4) is 0 Å². The van der Waals surface area contributed by atoms with Gasteiger partial charge in [-0.05, 0) is 37.3 Å². The molecule has 1 fully saturated rings. The van der Waals surface area contributed by atoms with Crippen molar-refractivity contribution in [3.63, 3.8) is 0 Å². The number of benzene rings is 1. The van der Waals surface area contributed by atoms with Crippen LogP contribution in [-0.2, 0) is 4.79 Å². The van der Waals surface area contributed by atoms with Gasteiger partial charge >= 0.3 is 0 Å². The SMILES string of the molecule is O=C(CCCNc1ccc([N+](=O)[O-])cc1)N1CCC(CO)CC1. The van der Waals surface area contributed by atoms with Gasteiger partial charge < -0.3 is 15.3 Å². The number of rotatable bonds is 7. The Morgan fingerprint density at radius 3 is 2.52 bits per heavy atom. The van der Waals surface area contributed by atoms with Gasteiger partial charge in [-0.15, -0.1) is 0 Å². The molecule has 0 saturated carbocycles. The number of hydrogen-bond acceptors (Lipinski definition) is 5. The molecule has 0 atom stereocenters. The van der Waals surface area contributed by atoms with Crippen LogP contribution in [0.4, 0.5) is 11.4 Å². The molecule has 0 unspecified atom stereocenters. The summed E-state index contributed by atoms with van der Waals surface area (Å²) in [5.74, 6) is 0.495. The number of piperidine rings is 1. The van der Waals surface area contributed by atoms with Gasteiger partial charge in [0.25, 0.3) is 5.69 Å². The van der Waals surface area contributed by atoms with Crippen LogP contribution in [0.1, 0.15) is 25.7 Å². The van der Waals surface area contributed by atoms with Gasteiger partial charge in [-0.2, -0.15) is 0 Å². The molecule has 1 heterocycles. The Morgan fingerprint density at radius 1 is 1.30 bits per heavy atom. The molecule has 1 amide bonds. The van der Waals surface area contributed by atoms with Crippen molar-refractivity contribution in [1.82, 2.24) is 4.90 Å². The summed E-state index contributed by atoms with van der Waals surface area (Å²) in [6.07, 6.45) is 2.96. The van der Waals surface area contributed by atoms with Crippen molar-refractivity contribution in [2.24, 2.45) is 5.92 Å². The van der Waals surface area contributed by atoms with Crippen LogP contribution in [0.2, 0.25) is 0 Å². The molecule has 1 aromatic rings. The Morgan fingerprint density at radius 2 is 1.96 bits per heavy atom. The first kappa shape index (κ1) is 17.2. The number of carbonyl (C=O) groups excluding carboxylic acids is 1. The first-order valence-electron chi connectivity index (χ1n) is 7.97.